The second kappa shape index (κ2) is 5.09. The van der Waals surface area contributed by atoms with Gasteiger partial charge < -0.3 is 9.84 Å². The summed E-state index contributed by atoms with van der Waals surface area (Å²) in [6.45, 7) is 10.8. The minimum absolute atomic E-state index is 0.0446. The van der Waals surface area contributed by atoms with Gasteiger partial charge in [0.2, 0.25) is 0 Å². The Balaban J connectivity index is 3.38. The molecule has 0 aliphatic carbocycles. The molecule has 0 aromatic heterocycles. The summed E-state index contributed by atoms with van der Waals surface area (Å²) in [5.41, 5.74) is 3.62. The third-order valence-corrected chi connectivity index (χ3v) is 3.20. The molecule has 2 heteroatoms. The molecule has 0 spiro atoms. The smallest absolute Gasteiger partial charge is 0.122 e. The molecular formula is C15H24O2. The van der Waals surface area contributed by atoms with Crippen LogP contribution in [0.4, 0.5) is 0 Å². The Bertz CT molecular complexity index is 389. The van der Waals surface area contributed by atoms with Crippen molar-refractivity contribution in [2.45, 2.75) is 46.0 Å². The van der Waals surface area contributed by atoms with Crippen molar-refractivity contribution >= 4 is 0 Å². The number of aliphatic hydroxyl groups is 1. The van der Waals surface area contributed by atoms with E-state index in [1.54, 1.807) is 7.11 Å². The molecule has 1 N–H and O–H groups in total. The van der Waals surface area contributed by atoms with Crippen LogP contribution in [-0.2, 0) is 5.41 Å². The standard InChI is InChI=1S/C15H24O2/c1-10-7-14(17-6)13(15(3,4)5)8-12(10)11(2)9-16/h7-8,11,16H,9H2,1-6H3. The molecular weight excluding hydrogens is 212 g/mol. The average molecular weight is 236 g/mol. The normalized spacial score (nSPS) is 13.6. The predicted octanol–water partition coefficient (Wildman–Crippen LogP) is 3.40. The van der Waals surface area contributed by atoms with Crippen molar-refractivity contribution in [1.82, 2.24) is 0 Å². The van der Waals surface area contributed by atoms with E-state index in [4.69, 9.17) is 4.74 Å². The highest BCUT2D eigenvalue weighted by Gasteiger charge is 2.21. The van der Waals surface area contributed by atoms with Crippen LogP contribution in [0.2, 0.25) is 0 Å². The number of aryl methyl sites for hydroxylation is 1. The van der Waals surface area contributed by atoms with E-state index in [1.807, 2.05) is 6.92 Å². The molecule has 2 nitrogen and oxygen atoms in total. The first-order valence-electron chi connectivity index (χ1n) is 6.11. The lowest BCUT2D eigenvalue weighted by molar-refractivity contribution is 0.272. The van der Waals surface area contributed by atoms with Gasteiger partial charge in [0.1, 0.15) is 5.75 Å². The van der Waals surface area contributed by atoms with Crippen LogP contribution in [0.15, 0.2) is 12.1 Å². The summed E-state index contributed by atoms with van der Waals surface area (Å²) in [5.74, 6) is 1.10. The lowest BCUT2D eigenvalue weighted by atomic mass is 9.82. The molecule has 0 fully saturated rings. The van der Waals surface area contributed by atoms with Crippen LogP contribution >= 0.6 is 0 Å². The van der Waals surface area contributed by atoms with Crippen LogP contribution in [0.25, 0.3) is 0 Å². The van der Waals surface area contributed by atoms with Crippen LogP contribution in [0.5, 0.6) is 5.75 Å². The fourth-order valence-corrected chi connectivity index (χ4v) is 2.08. The van der Waals surface area contributed by atoms with Gasteiger partial charge in [0.05, 0.1) is 7.11 Å². The molecule has 0 radical (unpaired) electrons. The quantitative estimate of drug-likeness (QED) is 0.871. The maximum atomic E-state index is 9.30. The van der Waals surface area contributed by atoms with Crippen molar-refractivity contribution in [3.8, 4) is 5.75 Å². The lowest BCUT2D eigenvalue weighted by Crippen LogP contribution is -2.15. The molecule has 96 valence electrons. The van der Waals surface area contributed by atoms with E-state index in [-0.39, 0.29) is 17.9 Å². The molecule has 1 aromatic carbocycles. The molecule has 1 atom stereocenters. The number of rotatable bonds is 3. The highest BCUT2D eigenvalue weighted by atomic mass is 16.5. The molecule has 0 saturated carbocycles. The van der Waals surface area contributed by atoms with Crippen LogP contribution < -0.4 is 4.74 Å². The fourth-order valence-electron chi connectivity index (χ4n) is 2.08. The number of hydrogen-bond donors (Lipinski definition) is 1. The number of ether oxygens (including phenoxy) is 1. The SMILES string of the molecule is COc1cc(C)c(C(C)CO)cc1C(C)(C)C. The molecule has 0 amide bonds. The number of aliphatic hydroxyl groups excluding tert-OH is 1. The molecule has 17 heavy (non-hydrogen) atoms. The minimum atomic E-state index is 0.0446. The Morgan fingerprint density at radius 2 is 1.88 bits per heavy atom. The summed E-state index contributed by atoms with van der Waals surface area (Å²) in [6, 6.07) is 4.25. The minimum Gasteiger partial charge on any atom is -0.496 e. The van der Waals surface area contributed by atoms with Crippen LogP contribution in [0.3, 0.4) is 0 Å². The summed E-state index contributed by atoms with van der Waals surface area (Å²) >= 11 is 0. The van der Waals surface area contributed by atoms with E-state index in [1.165, 1.54) is 16.7 Å². The van der Waals surface area contributed by atoms with E-state index in [0.29, 0.717) is 0 Å². The molecule has 1 rings (SSSR count). The van der Waals surface area contributed by atoms with Crippen molar-refractivity contribution < 1.29 is 9.84 Å². The van der Waals surface area contributed by atoms with Crippen LogP contribution in [0, 0.1) is 6.92 Å². The molecule has 0 saturated heterocycles. The summed E-state index contributed by atoms with van der Waals surface area (Å²) in [6.07, 6.45) is 0. The number of hydrogen-bond acceptors (Lipinski definition) is 2. The second-order valence-electron chi connectivity index (χ2n) is 5.74. The van der Waals surface area contributed by atoms with Gasteiger partial charge in [0, 0.05) is 12.5 Å². The van der Waals surface area contributed by atoms with Gasteiger partial charge in [0.15, 0.2) is 0 Å². The zero-order chi connectivity index (χ0) is 13.2. The van der Waals surface area contributed by atoms with Gasteiger partial charge >= 0.3 is 0 Å². The van der Waals surface area contributed by atoms with Crippen LogP contribution in [-0.4, -0.2) is 18.8 Å². The van der Waals surface area contributed by atoms with Gasteiger partial charge in [-0.05, 0) is 35.1 Å². The van der Waals surface area contributed by atoms with E-state index in [9.17, 15) is 5.11 Å². The molecule has 1 aromatic rings. The highest BCUT2D eigenvalue weighted by molar-refractivity contribution is 5.46. The molecule has 1 unspecified atom stereocenters. The molecule has 0 aliphatic heterocycles. The van der Waals surface area contributed by atoms with E-state index < -0.39 is 0 Å². The monoisotopic (exact) mass is 236 g/mol. The van der Waals surface area contributed by atoms with Crippen molar-refractivity contribution in [3.05, 3.63) is 28.8 Å². The van der Waals surface area contributed by atoms with Gasteiger partial charge in [-0.3, -0.25) is 0 Å². The van der Waals surface area contributed by atoms with E-state index in [2.05, 4.69) is 39.8 Å². The van der Waals surface area contributed by atoms with Crippen LogP contribution in [0.1, 0.15) is 50.3 Å². The largest absolute Gasteiger partial charge is 0.496 e. The maximum absolute atomic E-state index is 9.30. The second-order valence-corrected chi connectivity index (χ2v) is 5.74. The summed E-state index contributed by atoms with van der Waals surface area (Å²) in [7, 11) is 1.71. The van der Waals surface area contributed by atoms with Gasteiger partial charge in [-0.25, -0.2) is 0 Å². The van der Waals surface area contributed by atoms with Crippen molar-refractivity contribution in [2.75, 3.05) is 13.7 Å². The Morgan fingerprint density at radius 1 is 1.29 bits per heavy atom. The van der Waals surface area contributed by atoms with Crippen molar-refractivity contribution in [3.63, 3.8) is 0 Å². The summed E-state index contributed by atoms with van der Waals surface area (Å²) in [5, 5.41) is 9.30. The first-order chi connectivity index (χ1) is 7.81. The number of methoxy groups -OCH3 is 1. The van der Waals surface area contributed by atoms with Gasteiger partial charge in [-0.15, -0.1) is 0 Å². The topological polar surface area (TPSA) is 29.5 Å². The Labute approximate surface area is 105 Å². The zero-order valence-electron chi connectivity index (χ0n) is 11.8. The van der Waals surface area contributed by atoms with E-state index in [0.717, 1.165) is 5.75 Å². The van der Waals surface area contributed by atoms with Crippen molar-refractivity contribution in [2.24, 2.45) is 0 Å². The zero-order valence-corrected chi connectivity index (χ0v) is 11.8. The molecule has 0 bridgehead atoms. The first-order valence-corrected chi connectivity index (χ1v) is 6.11. The number of benzene rings is 1. The summed E-state index contributed by atoms with van der Waals surface area (Å²) < 4.78 is 5.46. The first kappa shape index (κ1) is 14.0. The van der Waals surface area contributed by atoms with Gasteiger partial charge in [-0.1, -0.05) is 33.8 Å². The maximum Gasteiger partial charge on any atom is 0.122 e. The van der Waals surface area contributed by atoms with E-state index >= 15 is 0 Å². The predicted molar refractivity (Wildman–Crippen MR) is 71.9 cm³/mol. The van der Waals surface area contributed by atoms with Gasteiger partial charge in [-0.2, -0.15) is 0 Å². The van der Waals surface area contributed by atoms with Crippen molar-refractivity contribution in [1.29, 1.82) is 0 Å². The highest BCUT2D eigenvalue weighted by Crippen LogP contribution is 2.35. The Morgan fingerprint density at radius 3 is 2.29 bits per heavy atom. The third kappa shape index (κ3) is 3.01. The molecule has 0 aliphatic rings. The van der Waals surface area contributed by atoms with Gasteiger partial charge in [0.25, 0.3) is 0 Å². The Kier molecular flexibility index (Phi) is 4.21. The fraction of sp³-hybridized carbons (Fsp3) is 0.600. The lowest BCUT2D eigenvalue weighted by Gasteiger charge is -2.25. The molecule has 0 heterocycles. The average Bonchev–Trinajstić information content (AvgIpc) is 2.25. The third-order valence-electron chi connectivity index (χ3n) is 3.20. The Hall–Kier alpha value is -1.02. The summed E-state index contributed by atoms with van der Waals surface area (Å²) in [4.78, 5) is 0.